The predicted octanol–water partition coefficient (Wildman–Crippen LogP) is 3.02. The van der Waals surface area contributed by atoms with Crippen LogP contribution < -0.4 is 5.32 Å². The molecule has 2 rings (SSSR count). The number of carbonyl (C=O) groups is 2. The predicted molar refractivity (Wildman–Crippen MR) is 76.5 cm³/mol. The summed E-state index contributed by atoms with van der Waals surface area (Å²) in [6.45, 7) is 1.87. The van der Waals surface area contributed by atoms with Crippen LogP contribution in [0, 0.1) is 11.8 Å². The molecule has 108 valence electrons. The lowest BCUT2D eigenvalue weighted by Crippen LogP contribution is -2.36. The number of amides is 1. The Labute approximate surface area is 123 Å². The van der Waals surface area contributed by atoms with Crippen molar-refractivity contribution in [2.24, 2.45) is 11.8 Å². The van der Waals surface area contributed by atoms with Crippen molar-refractivity contribution in [1.82, 2.24) is 5.32 Å². The first-order valence-corrected chi connectivity index (χ1v) is 7.15. The highest BCUT2D eigenvalue weighted by Gasteiger charge is 2.38. The van der Waals surface area contributed by atoms with Gasteiger partial charge >= 0.3 is 5.97 Å². The molecule has 1 aliphatic carbocycles. The van der Waals surface area contributed by atoms with Crippen LogP contribution in [0.5, 0.6) is 0 Å². The molecular formula is C15H18ClNO3. The summed E-state index contributed by atoms with van der Waals surface area (Å²) in [6, 6.07) is 7.11. The molecule has 2 N–H and O–H groups in total. The number of halogens is 1. The Morgan fingerprint density at radius 3 is 2.70 bits per heavy atom. The maximum atomic E-state index is 12.2. The van der Waals surface area contributed by atoms with Crippen LogP contribution in [0.3, 0.4) is 0 Å². The van der Waals surface area contributed by atoms with Gasteiger partial charge in [0.25, 0.3) is 0 Å². The van der Waals surface area contributed by atoms with E-state index in [0.29, 0.717) is 17.9 Å². The van der Waals surface area contributed by atoms with Gasteiger partial charge in [-0.3, -0.25) is 9.59 Å². The van der Waals surface area contributed by atoms with Gasteiger partial charge in [-0.15, -0.1) is 0 Å². The third kappa shape index (κ3) is 3.31. The average Bonchev–Trinajstić information content (AvgIpc) is 2.88. The molecule has 0 heterocycles. The summed E-state index contributed by atoms with van der Waals surface area (Å²) in [5.74, 6) is -2.03. The monoisotopic (exact) mass is 295 g/mol. The van der Waals surface area contributed by atoms with Gasteiger partial charge in [0.15, 0.2) is 0 Å². The molecule has 0 bridgehead atoms. The van der Waals surface area contributed by atoms with E-state index < -0.39 is 17.8 Å². The van der Waals surface area contributed by atoms with Gasteiger partial charge in [0.2, 0.25) is 5.91 Å². The van der Waals surface area contributed by atoms with Gasteiger partial charge in [-0.2, -0.15) is 0 Å². The highest BCUT2D eigenvalue weighted by atomic mass is 35.5. The Bertz CT molecular complexity index is 518. The van der Waals surface area contributed by atoms with Crippen LogP contribution in [0.4, 0.5) is 0 Å². The van der Waals surface area contributed by atoms with Crippen LogP contribution in [0.15, 0.2) is 24.3 Å². The van der Waals surface area contributed by atoms with E-state index in [1.165, 1.54) is 0 Å². The molecule has 0 spiro atoms. The minimum Gasteiger partial charge on any atom is -0.481 e. The van der Waals surface area contributed by atoms with Crippen LogP contribution in [-0.2, 0) is 9.59 Å². The van der Waals surface area contributed by atoms with Crippen LogP contribution in [0.1, 0.15) is 37.8 Å². The molecule has 0 saturated heterocycles. The average molecular weight is 296 g/mol. The lowest BCUT2D eigenvalue weighted by atomic mass is 9.94. The molecule has 4 nitrogen and oxygen atoms in total. The molecule has 1 aliphatic rings. The fourth-order valence-electron chi connectivity index (χ4n) is 2.75. The van der Waals surface area contributed by atoms with Gasteiger partial charge in [-0.05, 0) is 37.5 Å². The minimum absolute atomic E-state index is 0.178. The molecule has 1 fully saturated rings. The summed E-state index contributed by atoms with van der Waals surface area (Å²) in [7, 11) is 0. The Hall–Kier alpha value is -1.55. The molecule has 5 heteroatoms. The number of rotatable bonds is 4. The molecule has 3 atom stereocenters. The standard InChI is InChI=1S/C15H18ClNO3/c1-9(10-4-2-5-11(16)8-10)17-14(18)12-6-3-7-13(12)15(19)20/h2,4-5,8-9,12-13H,3,6-7H2,1H3,(H,17,18)(H,19,20)/t9?,12-,13+/m1/s1. The van der Waals surface area contributed by atoms with Crippen molar-refractivity contribution in [3.8, 4) is 0 Å². The topological polar surface area (TPSA) is 66.4 Å². The van der Waals surface area contributed by atoms with E-state index >= 15 is 0 Å². The maximum Gasteiger partial charge on any atom is 0.307 e. The zero-order valence-electron chi connectivity index (χ0n) is 11.3. The van der Waals surface area contributed by atoms with E-state index in [4.69, 9.17) is 16.7 Å². The van der Waals surface area contributed by atoms with Crippen molar-refractivity contribution in [3.05, 3.63) is 34.9 Å². The molecule has 0 radical (unpaired) electrons. The molecule has 1 aromatic rings. The molecule has 0 aliphatic heterocycles. The second-order valence-corrected chi connectivity index (χ2v) is 5.70. The number of carbonyl (C=O) groups excluding carboxylic acids is 1. The zero-order chi connectivity index (χ0) is 14.7. The minimum atomic E-state index is -0.877. The molecule has 20 heavy (non-hydrogen) atoms. The van der Waals surface area contributed by atoms with E-state index in [1.807, 2.05) is 19.1 Å². The van der Waals surface area contributed by atoms with Crippen molar-refractivity contribution < 1.29 is 14.7 Å². The maximum absolute atomic E-state index is 12.2. The van der Waals surface area contributed by atoms with Crippen LogP contribution >= 0.6 is 11.6 Å². The fourth-order valence-corrected chi connectivity index (χ4v) is 2.95. The second kappa shape index (κ2) is 6.27. The van der Waals surface area contributed by atoms with Gasteiger partial charge in [0, 0.05) is 5.02 Å². The van der Waals surface area contributed by atoms with E-state index in [0.717, 1.165) is 12.0 Å². The van der Waals surface area contributed by atoms with E-state index in [9.17, 15) is 9.59 Å². The van der Waals surface area contributed by atoms with Crippen molar-refractivity contribution in [2.75, 3.05) is 0 Å². The lowest BCUT2D eigenvalue weighted by Gasteiger charge is -2.20. The number of carboxylic acid groups (broad SMARTS) is 1. The van der Waals surface area contributed by atoms with Gasteiger partial charge in [-0.25, -0.2) is 0 Å². The highest BCUT2D eigenvalue weighted by molar-refractivity contribution is 6.30. The second-order valence-electron chi connectivity index (χ2n) is 5.27. The summed E-state index contributed by atoms with van der Waals surface area (Å²) in [5.41, 5.74) is 0.913. The largest absolute Gasteiger partial charge is 0.481 e. The van der Waals surface area contributed by atoms with Crippen molar-refractivity contribution in [1.29, 1.82) is 0 Å². The molecule has 1 aromatic carbocycles. The first-order chi connectivity index (χ1) is 9.49. The quantitative estimate of drug-likeness (QED) is 0.897. The van der Waals surface area contributed by atoms with Gasteiger partial charge < -0.3 is 10.4 Å². The highest BCUT2D eigenvalue weighted by Crippen LogP contribution is 2.32. The smallest absolute Gasteiger partial charge is 0.307 e. The van der Waals surface area contributed by atoms with Crippen LogP contribution in [0.2, 0.25) is 5.02 Å². The van der Waals surface area contributed by atoms with Crippen molar-refractivity contribution in [3.63, 3.8) is 0 Å². The Morgan fingerprint density at radius 1 is 1.35 bits per heavy atom. The molecular weight excluding hydrogens is 278 g/mol. The Morgan fingerprint density at radius 2 is 2.05 bits per heavy atom. The number of hydrogen-bond donors (Lipinski definition) is 2. The van der Waals surface area contributed by atoms with Crippen LogP contribution in [0.25, 0.3) is 0 Å². The molecule has 1 saturated carbocycles. The van der Waals surface area contributed by atoms with E-state index in [-0.39, 0.29) is 11.9 Å². The first kappa shape index (κ1) is 14.9. The number of hydrogen-bond acceptors (Lipinski definition) is 2. The summed E-state index contributed by atoms with van der Waals surface area (Å²) in [4.78, 5) is 23.3. The zero-order valence-corrected chi connectivity index (χ0v) is 12.1. The first-order valence-electron chi connectivity index (χ1n) is 6.77. The molecule has 1 unspecified atom stereocenters. The number of aliphatic carboxylic acids is 1. The number of benzene rings is 1. The van der Waals surface area contributed by atoms with E-state index in [2.05, 4.69) is 5.32 Å². The van der Waals surface area contributed by atoms with E-state index in [1.54, 1.807) is 12.1 Å². The summed E-state index contributed by atoms with van der Waals surface area (Å²) >= 11 is 5.93. The lowest BCUT2D eigenvalue weighted by molar-refractivity contribution is -0.146. The summed E-state index contributed by atoms with van der Waals surface area (Å²) in [5, 5.41) is 12.6. The molecule has 1 amide bonds. The normalized spacial score (nSPS) is 23.3. The fraction of sp³-hybridized carbons (Fsp3) is 0.467. The number of carboxylic acids is 1. The number of nitrogens with one attached hydrogen (secondary N) is 1. The third-order valence-electron chi connectivity index (χ3n) is 3.88. The van der Waals surface area contributed by atoms with Gasteiger partial charge in [0.05, 0.1) is 17.9 Å². The van der Waals surface area contributed by atoms with Gasteiger partial charge in [-0.1, -0.05) is 30.2 Å². The Kier molecular flexibility index (Phi) is 4.65. The SMILES string of the molecule is CC(NC(=O)[C@@H]1CCC[C@@H]1C(=O)O)c1cccc(Cl)c1. The molecule has 0 aromatic heterocycles. The third-order valence-corrected chi connectivity index (χ3v) is 4.11. The van der Waals surface area contributed by atoms with Crippen LogP contribution in [-0.4, -0.2) is 17.0 Å². The van der Waals surface area contributed by atoms with Crippen molar-refractivity contribution >= 4 is 23.5 Å². The van der Waals surface area contributed by atoms with Crippen molar-refractivity contribution in [2.45, 2.75) is 32.2 Å². The summed E-state index contributed by atoms with van der Waals surface area (Å²) in [6.07, 6.45) is 2.02. The van der Waals surface area contributed by atoms with Gasteiger partial charge in [0.1, 0.15) is 0 Å². The Balaban J connectivity index is 2.02. The summed E-state index contributed by atoms with van der Waals surface area (Å²) < 4.78 is 0.